The Morgan fingerprint density at radius 2 is 2.00 bits per heavy atom. The number of thioether (sulfide) groups is 1. The first-order chi connectivity index (χ1) is 10.3. The Labute approximate surface area is 126 Å². The maximum Gasteiger partial charge on any atom is 0.162 e. The fourth-order valence-electron chi connectivity index (χ4n) is 2.93. The number of aliphatic hydroxyl groups excluding tert-OH is 1. The second-order valence-electron chi connectivity index (χ2n) is 5.27. The highest BCUT2D eigenvalue weighted by Gasteiger charge is 2.49. The normalized spacial score (nSPS) is 39.6. The van der Waals surface area contributed by atoms with E-state index in [0.717, 1.165) is 24.5 Å². The molecule has 3 aliphatic rings. The van der Waals surface area contributed by atoms with E-state index in [1.165, 1.54) is 11.8 Å². The molecule has 2 fully saturated rings. The van der Waals surface area contributed by atoms with Gasteiger partial charge in [0.25, 0.3) is 0 Å². The Hall–Kier alpha value is -0.960. The predicted octanol–water partition coefficient (Wildman–Crippen LogP) is -0.863. The van der Waals surface area contributed by atoms with Crippen LogP contribution in [-0.4, -0.2) is 78.2 Å². The summed E-state index contributed by atoms with van der Waals surface area (Å²) in [6.45, 7) is 2.56. The summed E-state index contributed by atoms with van der Waals surface area (Å²) >= 11 is 1.46. The van der Waals surface area contributed by atoms with Crippen molar-refractivity contribution in [3.8, 4) is 0 Å². The van der Waals surface area contributed by atoms with Crippen LogP contribution in [0.5, 0.6) is 0 Å². The van der Waals surface area contributed by atoms with Crippen molar-refractivity contribution in [3.05, 3.63) is 0 Å². The summed E-state index contributed by atoms with van der Waals surface area (Å²) in [6, 6.07) is -0.358. The van der Waals surface area contributed by atoms with Gasteiger partial charge in [-0.05, 0) is 0 Å². The molecule has 0 radical (unpaired) electrons. The Balaban J connectivity index is 1.80. The number of nitrogens with zero attached hydrogens (tertiary/aromatic N) is 2. The summed E-state index contributed by atoms with van der Waals surface area (Å²) in [5, 5.41) is 10.2. The topological polar surface area (TPSA) is 88.4 Å². The minimum atomic E-state index is -0.637. The molecule has 5 atom stereocenters. The van der Waals surface area contributed by atoms with Gasteiger partial charge in [-0.15, -0.1) is 0 Å². The number of ether oxygens (including phenoxy) is 2. The number of carbonyl (C=O) groups excluding carboxylic acids is 2. The Bertz CT molecular complexity index is 440. The van der Waals surface area contributed by atoms with Crippen LogP contribution >= 0.6 is 11.8 Å². The molecule has 0 unspecified atom stereocenters. The number of carbonyl (C=O) groups is 2. The van der Waals surface area contributed by atoms with Crippen molar-refractivity contribution < 1.29 is 24.2 Å². The molecular formula is C13H18N2O5S. The maximum atomic E-state index is 11.4. The van der Waals surface area contributed by atoms with Gasteiger partial charge in [0.05, 0.1) is 43.8 Å². The predicted molar refractivity (Wildman–Crippen MR) is 76.1 cm³/mol. The van der Waals surface area contributed by atoms with Gasteiger partial charge in [-0.2, -0.15) is 0 Å². The van der Waals surface area contributed by atoms with Gasteiger partial charge in [0.2, 0.25) is 0 Å². The number of fused-ring (bicyclic) bond motifs is 1. The Morgan fingerprint density at radius 3 is 2.62 bits per heavy atom. The lowest BCUT2D eigenvalue weighted by Gasteiger charge is -2.37. The van der Waals surface area contributed by atoms with Gasteiger partial charge in [-0.1, -0.05) is 11.8 Å². The van der Waals surface area contributed by atoms with Crippen LogP contribution in [-0.2, 0) is 19.1 Å². The average Bonchev–Trinajstić information content (AvgIpc) is 2.97. The van der Waals surface area contributed by atoms with Crippen LogP contribution in [0.3, 0.4) is 0 Å². The molecule has 0 bridgehead atoms. The molecule has 0 spiro atoms. The largest absolute Gasteiger partial charge is 0.394 e. The highest BCUT2D eigenvalue weighted by Crippen LogP contribution is 2.41. The molecule has 21 heavy (non-hydrogen) atoms. The molecule has 3 rings (SSSR count). The maximum absolute atomic E-state index is 11.4. The van der Waals surface area contributed by atoms with E-state index in [2.05, 4.69) is 9.89 Å². The number of hydrogen-bond acceptors (Lipinski definition) is 8. The number of aliphatic hydroxyl groups is 1. The number of aldehydes is 2. The van der Waals surface area contributed by atoms with Crippen molar-refractivity contribution in [3.63, 3.8) is 0 Å². The SMILES string of the molecule is O=C[C@@H]1[C@H](C=O)[C@H](CO)O[C@@H]2SC(N3CCOCC3)=N[C@H]12. The van der Waals surface area contributed by atoms with E-state index in [1.807, 2.05) is 0 Å². The van der Waals surface area contributed by atoms with Gasteiger partial charge >= 0.3 is 0 Å². The fourth-order valence-corrected chi connectivity index (χ4v) is 4.23. The highest BCUT2D eigenvalue weighted by molar-refractivity contribution is 8.14. The van der Waals surface area contributed by atoms with E-state index >= 15 is 0 Å². The zero-order chi connectivity index (χ0) is 14.8. The summed E-state index contributed by atoms with van der Waals surface area (Å²) in [5.41, 5.74) is -0.314. The van der Waals surface area contributed by atoms with Crippen LogP contribution in [0.1, 0.15) is 0 Å². The van der Waals surface area contributed by atoms with Gasteiger partial charge in [0.1, 0.15) is 18.0 Å². The molecule has 0 aromatic rings. The van der Waals surface area contributed by atoms with E-state index in [9.17, 15) is 14.7 Å². The molecule has 0 saturated carbocycles. The van der Waals surface area contributed by atoms with E-state index in [-0.39, 0.29) is 18.1 Å². The third-order valence-corrected chi connectivity index (χ3v) is 5.31. The highest BCUT2D eigenvalue weighted by atomic mass is 32.2. The van der Waals surface area contributed by atoms with Crippen molar-refractivity contribution in [2.45, 2.75) is 17.6 Å². The van der Waals surface area contributed by atoms with Gasteiger partial charge in [0, 0.05) is 13.1 Å². The summed E-state index contributed by atoms with van der Waals surface area (Å²) in [5.74, 6) is -1.17. The molecule has 116 valence electrons. The molecule has 0 amide bonds. The molecule has 3 aliphatic heterocycles. The van der Waals surface area contributed by atoms with E-state index < -0.39 is 17.9 Å². The zero-order valence-corrected chi connectivity index (χ0v) is 12.3. The first-order valence-electron chi connectivity index (χ1n) is 7.02. The standard InChI is InChI=1S/C13H18N2O5S/c16-5-8-9(6-17)11-12(20-10(8)7-18)21-13(14-11)15-1-3-19-4-2-15/h5-6,8-12,18H,1-4,7H2/t8-,9+,10-,11+,12+/m0/s1. The van der Waals surface area contributed by atoms with Gasteiger partial charge in [-0.3, -0.25) is 4.99 Å². The molecular weight excluding hydrogens is 296 g/mol. The third-order valence-electron chi connectivity index (χ3n) is 4.11. The van der Waals surface area contributed by atoms with Crippen LogP contribution in [0.15, 0.2) is 4.99 Å². The monoisotopic (exact) mass is 314 g/mol. The van der Waals surface area contributed by atoms with Crippen LogP contribution in [0, 0.1) is 11.8 Å². The second kappa shape index (κ2) is 6.43. The van der Waals surface area contributed by atoms with Gasteiger partial charge in [-0.25, -0.2) is 0 Å². The summed E-state index contributed by atoms with van der Waals surface area (Å²) in [7, 11) is 0. The molecule has 3 heterocycles. The lowest BCUT2D eigenvalue weighted by atomic mass is 9.82. The fraction of sp³-hybridized carbons (Fsp3) is 0.769. The quantitative estimate of drug-likeness (QED) is 0.678. The number of aliphatic imine (C=N–C) groups is 1. The van der Waals surface area contributed by atoms with Gasteiger partial charge in [0.15, 0.2) is 5.17 Å². The minimum Gasteiger partial charge on any atom is -0.394 e. The molecule has 2 saturated heterocycles. The van der Waals surface area contributed by atoms with Crippen molar-refractivity contribution in [2.75, 3.05) is 32.9 Å². The summed E-state index contributed by atoms with van der Waals surface area (Å²) in [4.78, 5) is 29.4. The second-order valence-corrected chi connectivity index (χ2v) is 6.34. The Morgan fingerprint density at radius 1 is 1.29 bits per heavy atom. The molecule has 1 N–H and O–H groups in total. The first kappa shape index (κ1) is 15.0. The lowest BCUT2D eigenvalue weighted by molar-refractivity contribution is -0.141. The van der Waals surface area contributed by atoms with E-state index in [1.54, 1.807) is 0 Å². The van der Waals surface area contributed by atoms with Crippen molar-refractivity contribution in [1.29, 1.82) is 0 Å². The Kier molecular flexibility index (Phi) is 4.58. The summed E-state index contributed by atoms with van der Waals surface area (Å²) < 4.78 is 11.1. The smallest absolute Gasteiger partial charge is 0.162 e. The number of hydrogen-bond donors (Lipinski definition) is 1. The van der Waals surface area contributed by atoms with Crippen molar-refractivity contribution in [1.82, 2.24) is 4.90 Å². The van der Waals surface area contributed by atoms with Gasteiger partial charge < -0.3 is 29.1 Å². The molecule has 0 aromatic heterocycles. The third kappa shape index (κ3) is 2.73. The lowest BCUT2D eigenvalue weighted by Crippen LogP contribution is -2.50. The minimum absolute atomic E-state index is 0.273. The van der Waals surface area contributed by atoms with Crippen molar-refractivity contribution >= 4 is 29.5 Å². The summed E-state index contributed by atoms with van der Waals surface area (Å²) in [6.07, 6.45) is 0.836. The average molecular weight is 314 g/mol. The number of amidine groups is 1. The molecule has 0 aliphatic carbocycles. The first-order valence-corrected chi connectivity index (χ1v) is 7.90. The van der Waals surface area contributed by atoms with E-state index in [4.69, 9.17) is 9.47 Å². The molecule has 0 aromatic carbocycles. The van der Waals surface area contributed by atoms with Crippen LogP contribution in [0.2, 0.25) is 0 Å². The van der Waals surface area contributed by atoms with Crippen molar-refractivity contribution in [2.24, 2.45) is 16.8 Å². The molecule has 7 nitrogen and oxygen atoms in total. The number of rotatable bonds is 3. The molecule has 8 heteroatoms. The van der Waals surface area contributed by atoms with Crippen LogP contribution in [0.25, 0.3) is 0 Å². The van der Waals surface area contributed by atoms with Crippen LogP contribution in [0.4, 0.5) is 0 Å². The number of morpholine rings is 1. The zero-order valence-electron chi connectivity index (χ0n) is 11.5. The van der Waals surface area contributed by atoms with E-state index in [0.29, 0.717) is 19.5 Å². The van der Waals surface area contributed by atoms with Crippen LogP contribution < -0.4 is 0 Å².